The lowest BCUT2D eigenvalue weighted by molar-refractivity contribution is 0.0935. The van der Waals surface area contributed by atoms with Crippen LogP contribution in [0.25, 0.3) is 10.8 Å². The fraction of sp³-hybridized carbons (Fsp3) is 0.333. The zero-order chi connectivity index (χ0) is 14.7. The van der Waals surface area contributed by atoms with E-state index in [4.69, 9.17) is 5.73 Å². The van der Waals surface area contributed by atoms with E-state index in [0.717, 1.165) is 17.3 Å². The van der Waals surface area contributed by atoms with Gasteiger partial charge in [-0.2, -0.15) is 0 Å². The number of fused-ring (bicyclic) bond motifs is 1. The van der Waals surface area contributed by atoms with Crippen LogP contribution in [0.2, 0.25) is 0 Å². The molecule has 0 aliphatic rings. The van der Waals surface area contributed by atoms with Crippen molar-refractivity contribution in [2.24, 2.45) is 0 Å². The summed E-state index contributed by atoms with van der Waals surface area (Å²) in [5.41, 5.74) is 6.40. The molecular formula is C15H20N4O. The van der Waals surface area contributed by atoms with Crippen molar-refractivity contribution in [3.05, 3.63) is 36.0 Å². The predicted molar refractivity (Wildman–Crippen MR) is 81.6 cm³/mol. The van der Waals surface area contributed by atoms with E-state index in [9.17, 15) is 4.79 Å². The van der Waals surface area contributed by atoms with Gasteiger partial charge in [-0.3, -0.25) is 4.79 Å². The zero-order valence-corrected chi connectivity index (χ0v) is 12.1. The van der Waals surface area contributed by atoms with E-state index < -0.39 is 0 Å². The summed E-state index contributed by atoms with van der Waals surface area (Å²) in [7, 11) is 3.95. The van der Waals surface area contributed by atoms with Gasteiger partial charge >= 0.3 is 0 Å². The quantitative estimate of drug-likeness (QED) is 0.884. The highest BCUT2D eigenvalue weighted by Crippen LogP contribution is 2.22. The van der Waals surface area contributed by atoms with Crippen molar-refractivity contribution in [3.8, 4) is 0 Å². The lowest BCUT2D eigenvalue weighted by Gasteiger charge is -2.18. The highest BCUT2D eigenvalue weighted by molar-refractivity contribution is 6.09. The van der Waals surface area contributed by atoms with Crippen molar-refractivity contribution in [1.82, 2.24) is 15.2 Å². The molecule has 0 saturated carbocycles. The van der Waals surface area contributed by atoms with Crippen molar-refractivity contribution < 1.29 is 4.79 Å². The SMILES string of the molecule is CC(CN(C)C)NC(=O)c1cnc(N)c2ccccc12. The summed E-state index contributed by atoms with van der Waals surface area (Å²) in [5.74, 6) is 0.321. The van der Waals surface area contributed by atoms with E-state index in [1.807, 2.05) is 50.2 Å². The Kier molecular flexibility index (Phi) is 4.20. The van der Waals surface area contributed by atoms with E-state index in [1.165, 1.54) is 6.20 Å². The van der Waals surface area contributed by atoms with Crippen molar-refractivity contribution >= 4 is 22.5 Å². The molecule has 1 unspecified atom stereocenters. The van der Waals surface area contributed by atoms with Gasteiger partial charge in [0.15, 0.2) is 0 Å². The van der Waals surface area contributed by atoms with Gasteiger partial charge in [0.2, 0.25) is 0 Å². The number of benzene rings is 1. The summed E-state index contributed by atoms with van der Waals surface area (Å²) < 4.78 is 0. The molecule has 1 atom stereocenters. The predicted octanol–water partition coefficient (Wildman–Crippen LogP) is 1.50. The van der Waals surface area contributed by atoms with Crippen molar-refractivity contribution in [1.29, 1.82) is 0 Å². The van der Waals surface area contributed by atoms with Crippen molar-refractivity contribution in [2.45, 2.75) is 13.0 Å². The standard InChI is InChI=1S/C15H20N4O/c1-10(9-19(2)3)18-15(20)13-8-17-14(16)12-7-5-4-6-11(12)13/h4-8,10H,9H2,1-3H3,(H2,16,17)(H,18,20). The minimum absolute atomic E-state index is 0.0637. The Morgan fingerprint density at radius 3 is 2.65 bits per heavy atom. The van der Waals surface area contributed by atoms with Crippen molar-refractivity contribution in [3.63, 3.8) is 0 Å². The van der Waals surface area contributed by atoms with Crippen molar-refractivity contribution in [2.75, 3.05) is 26.4 Å². The Labute approximate surface area is 118 Å². The van der Waals surface area contributed by atoms with Gasteiger partial charge in [0.25, 0.3) is 5.91 Å². The van der Waals surface area contributed by atoms with Crippen LogP contribution in [0.15, 0.2) is 30.5 Å². The molecule has 0 saturated heterocycles. The highest BCUT2D eigenvalue weighted by atomic mass is 16.1. The first-order valence-corrected chi connectivity index (χ1v) is 6.58. The summed E-state index contributed by atoms with van der Waals surface area (Å²) >= 11 is 0. The largest absolute Gasteiger partial charge is 0.383 e. The number of nitrogens with one attached hydrogen (secondary N) is 1. The molecule has 0 bridgehead atoms. The fourth-order valence-electron chi connectivity index (χ4n) is 2.29. The maximum atomic E-state index is 12.4. The molecule has 0 radical (unpaired) electrons. The molecule has 0 aliphatic carbocycles. The molecule has 1 aromatic carbocycles. The number of pyridine rings is 1. The summed E-state index contributed by atoms with van der Waals surface area (Å²) in [4.78, 5) is 18.5. The minimum atomic E-state index is -0.122. The zero-order valence-electron chi connectivity index (χ0n) is 12.1. The molecule has 0 aliphatic heterocycles. The third kappa shape index (κ3) is 3.05. The van der Waals surface area contributed by atoms with Gasteiger partial charge in [0.05, 0.1) is 5.56 Å². The molecule has 5 heteroatoms. The molecule has 20 heavy (non-hydrogen) atoms. The number of carbonyl (C=O) groups excluding carboxylic acids is 1. The molecule has 1 heterocycles. The molecule has 2 aromatic rings. The Hall–Kier alpha value is -2.14. The summed E-state index contributed by atoms with van der Waals surface area (Å²) in [6.45, 7) is 2.76. The second-order valence-corrected chi connectivity index (χ2v) is 5.24. The maximum Gasteiger partial charge on any atom is 0.253 e. The molecule has 106 valence electrons. The van der Waals surface area contributed by atoms with Crippen LogP contribution in [0, 0.1) is 0 Å². The van der Waals surface area contributed by atoms with Gasteiger partial charge in [0.1, 0.15) is 5.82 Å². The van der Waals surface area contributed by atoms with Crippen LogP contribution in [0.1, 0.15) is 17.3 Å². The topological polar surface area (TPSA) is 71.2 Å². The summed E-state index contributed by atoms with van der Waals surface area (Å²) in [5, 5.41) is 4.61. The van der Waals surface area contributed by atoms with Gasteiger partial charge in [-0.25, -0.2) is 4.98 Å². The monoisotopic (exact) mass is 272 g/mol. The minimum Gasteiger partial charge on any atom is -0.383 e. The molecular weight excluding hydrogens is 252 g/mol. The lowest BCUT2D eigenvalue weighted by atomic mass is 10.1. The van der Waals surface area contributed by atoms with Crippen LogP contribution < -0.4 is 11.1 Å². The molecule has 0 spiro atoms. The van der Waals surface area contributed by atoms with Crippen LogP contribution in [0.3, 0.4) is 0 Å². The Morgan fingerprint density at radius 1 is 1.35 bits per heavy atom. The fourth-order valence-corrected chi connectivity index (χ4v) is 2.29. The molecule has 1 aromatic heterocycles. The second kappa shape index (κ2) is 5.88. The maximum absolute atomic E-state index is 12.4. The van der Waals surface area contributed by atoms with E-state index >= 15 is 0 Å². The van der Waals surface area contributed by atoms with Gasteiger partial charge < -0.3 is 16.0 Å². The third-order valence-electron chi connectivity index (χ3n) is 3.09. The number of carbonyl (C=O) groups is 1. The second-order valence-electron chi connectivity index (χ2n) is 5.24. The average molecular weight is 272 g/mol. The number of rotatable bonds is 4. The number of nitrogen functional groups attached to an aromatic ring is 1. The third-order valence-corrected chi connectivity index (χ3v) is 3.09. The number of hydrogen-bond acceptors (Lipinski definition) is 4. The first-order valence-electron chi connectivity index (χ1n) is 6.58. The first kappa shape index (κ1) is 14.3. The highest BCUT2D eigenvalue weighted by Gasteiger charge is 2.14. The van der Waals surface area contributed by atoms with E-state index in [2.05, 4.69) is 10.3 Å². The van der Waals surface area contributed by atoms with Crippen LogP contribution in [-0.4, -0.2) is 42.5 Å². The number of anilines is 1. The first-order chi connectivity index (χ1) is 9.49. The van der Waals surface area contributed by atoms with Gasteiger partial charge in [-0.1, -0.05) is 24.3 Å². The number of nitrogens with two attached hydrogens (primary N) is 1. The number of nitrogens with zero attached hydrogens (tertiary/aromatic N) is 2. The molecule has 5 nitrogen and oxygen atoms in total. The van der Waals surface area contributed by atoms with Crippen LogP contribution in [0.5, 0.6) is 0 Å². The van der Waals surface area contributed by atoms with Gasteiger partial charge in [-0.05, 0) is 26.4 Å². The Balaban J connectivity index is 2.29. The van der Waals surface area contributed by atoms with Crippen LogP contribution in [-0.2, 0) is 0 Å². The lowest BCUT2D eigenvalue weighted by Crippen LogP contribution is -2.39. The molecule has 0 fully saturated rings. The van der Waals surface area contributed by atoms with Crippen LogP contribution in [0.4, 0.5) is 5.82 Å². The molecule has 1 amide bonds. The number of amides is 1. The number of aromatic nitrogens is 1. The summed E-state index contributed by atoms with van der Waals surface area (Å²) in [6.07, 6.45) is 1.54. The van der Waals surface area contributed by atoms with Gasteiger partial charge in [0, 0.05) is 24.2 Å². The Bertz CT molecular complexity index is 624. The summed E-state index contributed by atoms with van der Waals surface area (Å²) in [6, 6.07) is 7.60. The van der Waals surface area contributed by atoms with Gasteiger partial charge in [-0.15, -0.1) is 0 Å². The van der Waals surface area contributed by atoms with E-state index in [-0.39, 0.29) is 11.9 Å². The smallest absolute Gasteiger partial charge is 0.253 e. The normalized spacial score (nSPS) is 12.6. The number of likely N-dealkylation sites (N-methyl/N-ethyl adjacent to an activating group) is 1. The Morgan fingerprint density at radius 2 is 2.00 bits per heavy atom. The average Bonchev–Trinajstić information content (AvgIpc) is 2.38. The van der Waals surface area contributed by atoms with E-state index in [0.29, 0.717) is 11.4 Å². The van der Waals surface area contributed by atoms with Crippen LogP contribution >= 0.6 is 0 Å². The van der Waals surface area contributed by atoms with E-state index in [1.54, 1.807) is 0 Å². The molecule has 2 rings (SSSR count). The molecule has 3 N–H and O–H groups in total. The number of hydrogen-bond donors (Lipinski definition) is 2.